The van der Waals surface area contributed by atoms with Crippen molar-refractivity contribution in [1.29, 1.82) is 0 Å². The molecular weight excluding hydrogens is 438 g/mol. The second-order valence-electron chi connectivity index (χ2n) is 9.23. The highest BCUT2D eigenvalue weighted by Gasteiger charge is 2.26. The summed E-state index contributed by atoms with van der Waals surface area (Å²) in [5.41, 5.74) is 5.96. The van der Waals surface area contributed by atoms with E-state index in [1.807, 2.05) is 29.2 Å². The molecule has 0 atom stereocenters. The van der Waals surface area contributed by atoms with Crippen LogP contribution >= 0.6 is 0 Å². The highest BCUT2D eigenvalue weighted by atomic mass is 16.5. The lowest BCUT2D eigenvalue weighted by Crippen LogP contribution is -2.46. The van der Waals surface area contributed by atoms with Crippen molar-refractivity contribution >= 4 is 17.3 Å². The average Bonchev–Trinajstić information content (AvgIpc) is 2.91. The number of nitrogens with zero attached hydrogens (tertiary/aromatic N) is 3. The smallest absolute Gasteiger partial charge is 0.227 e. The van der Waals surface area contributed by atoms with Crippen LogP contribution in [0.25, 0.3) is 0 Å². The van der Waals surface area contributed by atoms with Gasteiger partial charge in [0, 0.05) is 50.5 Å². The van der Waals surface area contributed by atoms with Gasteiger partial charge >= 0.3 is 0 Å². The van der Waals surface area contributed by atoms with Crippen molar-refractivity contribution in [2.45, 2.75) is 25.9 Å². The standard InChI is InChI=1S/C29H33N3O3/c1-34-27-12-8-23(18-28(27)35-2)20-30-14-16-31(17-15-30)25-10-11-26-24(19-25)9-13-29(33)32(26)21-22-6-4-3-5-7-22/h3-8,10-12,18-19H,9,13-17,20-21H2,1-2H3. The minimum Gasteiger partial charge on any atom is -0.493 e. The molecule has 0 unspecified atom stereocenters. The van der Waals surface area contributed by atoms with E-state index < -0.39 is 0 Å². The number of hydrogen-bond donors (Lipinski definition) is 0. The molecule has 6 nitrogen and oxygen atoms in total. The summed E-state index contributed by atoms with van der Waals surface area (Å²) in [6.07, 6.45) is 1.38. The fourth-order valence-corrected chi connectivity index (χ4v) is 5.08. The van der Waals surface area contributed by atoms with Crippen molar-refractivity contribution in [3.63, 3.8) is 0 Å². The Hall–Kier alpha value is -3.51. The minimum absolute atomic E-state index is 0.206. The van der Waals surface area contributed by atoms with Crippen LogP contribution in [0, 0.1) is 0 Å². The van der Waals surface area contributed by atoms with Crippen molar-refractivity contribution in [2.24, 2.45) is 0 Å². The Morgan fingerprint density at radius 1 is 0.743 bits per heavy atom. The van der Waals surface area contributed by atoms with Crippen LogP contribution in [-0.2, 0) is 24.3 Å². The number of hydrogen-bond acceptors (Lipinski definition) is 5. The summed E-state index contributed by atoms with van der Waals surface area (Å²) < 4.78 is 10.8. The molecule has 5 rings (SSSR count). The number of aryl methyl sites for hydroxylation is 1. The summed E-state index contributed by atoms with van der Waals surface area (Å²) in [4.78, 5) is 19.6. The molecule has 3 aromatic carbocycles. The van der Waals surface area contributed by atoms with E-state index in [0.29, 0.717) is 13.0 Å². The molecule has 6 heteroatoms. The lowest BCUT2D eigenvalue weighted by molar-refractivity contribution is -0.119. The van der Waals surface area contributed by atoms with Crippen molar-refractivity contribution in [3.05, 3.63) is 83.4 Å². The van der Waals surface area contributed by atoms with Gasteiger partial charge in [0.25, 0.3) is 0 Å². The number of methoxy groups -OCH3 is 2. The fraction of sp³-hybridized carbons (Fsp3) is 0.345. The number of anilines is 2. The molecule has 1 saturated heterocycles. The molecule has 3 aromatic rings. The Morgan fingerprint density at radius 2 is 1.51 bits per heavy atom. The molecular formula is C29H33N3O3. The summed E-state index contributed by atoms with van der Waals surface area (Å²) in [7, 11) is 3.34. The Labute approximate surface area is 207 Å². The first-order valence-electron chi connectivity index (χ1n) is 12.3. The van der Waals surface area contributed by atoms with Gasteiger partial charge in [-0.15, -0.1) is 0 Å². The topological polar surface area (TPSA) is 45.2 Å². The number of carbonyl (C=O) groups is 1. The zero-order valence-electron chi connectivity index (χ0n) is 20.6. The van der Waals surface area contributed by atoms with E-state index >= 15 is 0 Å². The zero-order chi connectivity index (χ0) is 24.2. The van der Waals surface area contributed by atoms with E-state index in [1.165, 1.54) is 16.8 Å². The molecule has 0 radical (unpaired) electrons. The highest BCUT2D eigenvalue weighted by molar-refractivity contribution is 5.96. The summed E-state index contributed by atoms with van der Waals surface area (Å²) >= 11 is 0. The molecule has 1 fully saturated rings. The second-order valence-corrected chi connectivity index (χ2v) is 9.23. The van der Waals surface area contributed by atoms with E-state index in [-0.39, 0.29) is 5.91 Å². The van der Waals surface area contributed by atoms with Crippen LogP contribution in [-0.4, -0.2) is 51.2 Å². The zero-order valence-corrected chi connectivity index (χ0v) is 20.6. The number of carbonyl (C=O) groups excluding carboxylic acids is 1. The molecule has 2 heterocycles. The Bertz CT molecular complexity index is 1170. The number of rotatable bonds is 7. The van der Waals surface area contributed by atoms with Crippen molar-refractivity contribution in [1.82, 2.24) is 4.90 Å². The van der Waals surface area contributed by atoms with Gasteiger partial charge in [-0.1, -0.05) is 36.4 Å². The van der Waals surface area contributed by atoms with Crippen LogP contribution in [0.3, 0.4) is 0 Å². The molecule has 35 heavy (non-hydrogen) atoms. The summed E-state index contributed by atoms with van der Waals surface area (Å²) in [5, 5.41) is 0. The molecule has 0 spiro atoms. The largest absolute Gasteiger partial charge is 0.493 e. The summed E-state index contributed by atoms with van der Waals surface area (Å²) in [6.45, 7) is 5.50. The Kier molecular flexibility index (Phi) is 6.91. The normalized spacial score (nSPS) is 16.2. The number of ether oxygens (including phenoxy) is 2. The first kappa shape index (κ1) is 23.2. The van der Waals surface area contributed by atoms with Crippen LogP contribution in [0.5, 0.6) is 11.5 Å². The molecule has 1 amide bonds. The molecule has 0 N–H and O–H groups in total. The number of fused-ring (bicyclic) bond motifs is 1. The van der Waals surface area contributed by atoms with Gasteiger partial charge in [0.1, 0.15) is 0 Å². The van der Waals surface area contributed by atoms with E-state index in [0.717, 1.165) is 61.9 Å². The Morgan fingerprint density at radius 3 is 2.26 bits per heavy atom. The maximum absolute atomic E-state index is 12.7. The Balaban J connectivity index is 1.23. The lowest BCUT2D eigenvalue weighted by Gasteiger charge is -2.37. The fourth-order valence-electron chi connectivity index (χ4n) is 5.08. The van der Waals surface area contributed by atoms with Crippen LogP contribution in [0.2, 0.25) is 0 Å². The average molecular weight is 472 g/mol. The molecule has 0 aliphatic carbocycles. The predicted molar refractivity (Wildman–Crippen MR) is 139 cm³/mol. The van der Waals surface area contributed by atoms with Crippen molar-refractivity contribution < 1.29 is 14.3 Å². The van der Waals surface area contributed by atoms with Gasteiger partial charge in [-0.05, 0) is 53.4 Å². The third kappa shape index (κ3) is 5.13. The van der Waals surface area contributed by atoms with Gasteiger partial charge < -0.3 is 19.3 Å². The molecule has 0 aromatic heterocycles. The van der Waals surface area contributed by atoms with Gasteiger partial charge in [-0.25, -0.2) is 0 Å². The lowest BCUT2D eigenvalue weighted by atomic mass is 9.99. The summed E-state index contributed by atoms with van der Waals surface area (Å²) in [5.74, 6) is 1.74. The van der Waals surface area contributed by atoms with E-state index in [4.69, 9.17) is 9.47 Å². The molecule has 182 valence electrons. The van der Waals surface area contributed by atoms with Gasteiger partial charge in [-0.2, -0.15) is 0 Å². The van der Waals surface area contributed by atoms with E-state index in [9.17, 15) is 4.79 Å². The predicted octanol–water partition coefficient (Wildman–Crippen LogP) is 4.51. The van der Waals surface area contributed by atoms with Crippen molar-refractivity contribution in [3.8, 4) is 11.5 Å². The number of piperazine rings is 1. The maximum atomic E-state index is 12.7. The molecule has 2 aliphatic heterocycles. The van der Waals surface area contributed by atoms with Gasteiger partial charge in [0.2, 0.25) is 5.91 Å². The van der Waals surface area contributed by atoms with Crippen LogP contribution < -0.4 is 19.3 Å². The number of benzene rings is 3. The first-order valence-corrected chi connectivity index (χ1v) is 12.3. The quantitative estimate of drug-likeness (QED) is 0.508. The van der Waals surface area contributed by atoms with Crippen LogP contribution in [0.15, 0.2) is 66.7 Å². The highest BCUT2D eigenvalue weighted by Crippen LogP contribution is 2.33. The molecule has 0 saturated carbocycles. The second kappa shape index (κ2) is 10.4. The maximum Gasteiger partial charge on any atom is 0.227 e. The molecule has 2 aliphatic rings. The van der Waals surface area contributed by atoms with Crippen LogP contribution in [0.1, 0.15) is 23.1 Å². The van der Waals surface area contributed by atoms with Gasteiger partial charge in [0.05, 0.1) is 20.8 Å². The van der Waals surface area contributed by atoms with Gasteiger partial charge in [-0.3, -0.25) is 9.69 Å². The summed E-state index contributed by atoms with van der Waals surface area (Å²) in [6, 6.07) is 23.0. The minimum atomic E-state index is 0.206. The SMILES string of the molecule is COc1ccc(CN2CCN(c3ccc4c(c3)CCC(=O)N4Cc3ccccc3)CC2)cc1OC. The molecule has 0 bridgehead atoms. The third-order valence-electron chi connectivity index (χ3n) is 7.04. The third-order valence-corrected chi connectivity index (χ3v) is 7.04. The monoisotopic (exact) mass is 471 g/mol. The van der Waals surface area contributed by atoms with E-state index in [2.05, 4.69) is 52.3 Å². The first-order chi connectivity index (χ1) is 17.1. The number of amides is 1. The van der Waals surface area contributed by atoms with Crippen LogP contribution in [0.4, 0.5) is 11.4 Å². The van der Waals surface area contributed by atoms with E-state index in [1.54, 1.807) is 14.2 Å². The van der Waals surface area contributed by atoms with Gasteiger partial charge in [0.15, 0.2) is 11.5 Å². The van der Waals surface area contributed by atoms with Crippen molar-refractivity contribution in [2.75, 3.05) is 50.2 Å².